The summed E-state index contributed by atoms with van der Waals surface area (Å²) < 4.78 is 39.1. The van der Waals surface area contributed by atoms with Crippen molar-refractivity contribution in [3.05, 3.63) is 47.3 Å². The number of carbonyl (C=O) groups is 1. The number of alkyl halides is 3. The van der Waals surface area contributed by atoms with Gasteiger partial charge in [-0.1, -0.05) is 35.9 Å². The number of hydrogen-bond donors (Lipinski definition) is 2. The van der Waals surface area contributed by atoms with Gasteiger partial charge in [0.2, 0.25) is 5.91 Å². The Bertz CT molecular complexity index is 657. The third-order valence-corrected chi connectivity index (χ3v) is 3.73. The number of allylic oxidation sites excluding steroid dienone is 2. The van der Waals surface area contributed by atoms with Crippen LogP contribution in [-0.2, 0) is 11.0 Å². The Kier molecular flexibility index (Phi) is 4.19. The van der Waals surface area contributed by atoms with Crippen LogP contribution in [0.5, 0.6) is 0 Å². The molecule has 1 aliphatic rings. The highest BCUT2D eigenvalue weighted by molar-refractivity contribution is 6.29. The lowest BCUT2D eigenvalue weighted by molar-refractivity contribution is -0.137. The molecule has 1 amide bonds. The van der Waals surface area contributed by atoms with Gasteiger partial charge in [0.15, 0.2) is 0 Å². The molecule has 0 saturated heterocycles. The Hall–Kier alpha value is -2.02. The average molecular weight is 332 g/mol. The highest BCUT2D eigenvalue weighted by atomic mass is 35.5. The van der Waals surface area contributed by atoms with Crippen LogP contribution in [0, 0.1) is 5.41 Å². The lowest BCUT2D eigenvalue weighted by Crippen LogP contribution is -2.46. The summed E-state index contributed by atoms with van der Waals surface area (Å²) in [6.45, 7) is 1.54. The zero-order chi connectivity index (χ0) is 16.5. The molecular weight excluding hydrogens is 319 g/mol. The van der Waals surface area contributed by atoms with Crippen LogP contribution in [0.15, 0.2) is 36.6 Å². The van der Waals surface area contributed by atoms with E-state index in [0.717, 1.165) is 6.07 Å². The predicted molar refractivity (Wildman–Crippen MR) is 77.2 cm³/mol. The molecule has 0 fully saturated rings. The molecule has 4 nitrogen and oxygen atoms in total. The lowest BCUT2D eigenvalue weighted by atomic mass is 9.78. The molecule has 1 aromatic heterocycles. The van der Waals surface area contributed by atoms with Crippen molar-refractivity contribution >= 4 is 23.2 Å². The molecule has 8 heteroatoms. The summed E-state index contributed by atoms with van der Waals surface area (Å²) in [4.78, 5) is 15.1. The molecule has 2 atom stereocenters. The minimum Gasteiger partial charge on any atom is -0.377 e. The molecule has 0 bridgehead atoms. The molecule has 0 saturated carbocycles. The molecule has 3 N–H and O–H groups in total. The van der Waals surface area contributed by atoms with Crippen molar-refractivity contribution in [3.8, 4) is 0 Å². The first-order chi connectivity index (χ1) is 10.1. The number of pyridine rings is 1. The fraction of sp³-hybridized carbons (Fsp3) is 0.286. The summed E-state index contributed by atoms with van der Waals surface area (Å²) in [5, 5.41) is 2.59. The first kappa shape index (κ1) is 16.4. The predicted octanol–water partition coefficient (Wildman–Crippen LogP) is 3.15. The van der Waals surface area contributed by atoms with Crippen molar-refractivity contribution in [3.63, 3.8) is 0 Å². The summed E-state index contributed by atoms with van der Waals surface area (Å²) in [6.07, 6.45) is 2.40. The highest BCUT2D eigenvalue weighted by Crippen LogP contribution is 2.38. The van der Waals surface area contributed by atoms with Crippen LogP contribution in [0.4, 0.5) is 18.9 Å². The Morgan fingerprint density at radius 1 is 1.45 bits per heavy atom. The standard InChI is InChI=1S/C14H13ClF3N3O/c1-13(12(19)22)5-3-2-4-10(13)21-9-6-11(15)20-7-8(9)14(16,17)18/h2-7,10H,1H3,(H2,19,22)(H,20,21). The first-order valence-electron chi connectivity index (χ1n) is 6.30. The van der Waals surface area contributed by atoms with E-state index in [-0.39, 0.29) is 10.8 Å². The minimum atomic E-state index is -4.60. The van der Waals surface area contributed by atoms with Gasteiger partial charge in [0, 0.05) is 6.20 Å². The van der Waals surface area contributed by atoms with Gasteiger partial charge >= 0.3 is 6.18 Å². The van der Waals surface area contributed by atoms with E-state index < -0.39 is 29.1 Å². The zero-order valence-electron chi connectivity index (χ0n) is 11.5. The van der Waals surface area contributed by atoms with Crippen molar-refractivity contribution in [1.82, 2.24) is 4.98 Å². The van der Waals surface area contributed by atoms with E-state index in [1.807, 2.05) is 0 Å². The van der Waals surface area contributed by atoms with E-state index in [1.165, 1.54) is 0 Å². The smallest absolute Gasteiger partial charge is 0.377 e. The molecule has 0 radical (unpaired) electrons. The Morgan fingerprint density at radius 3 is 2.73 bits per heavy atom. The fourth-order valence-electron chi connectivity index (χ4n) is 2.11. The molecule has 1 aromatic rings. The highest BCUT2D eigenvalue weighted by Gasteiger charge is 2.40. The van der Waals surface area contributed by atoms with E-state index in [9.17, 15) is 18.0 Å². The molecule has 22 heavy (non-hydrogen) atoms. The van der Waals surface area contributed by atoms with Crippen molar-refractivity contribution in [2.45, 2.75) is 19.1 Å². The summed E-state index contributed by atoms with van der Waals surface area (Å²) in [7, 11) is 0. The average Bonchev–Trinajstić information content (AvgIpc) is 2.40. The van der Waals surface area contributed by atoms with Gasteiger partial charge in [-0.15, -0.1) is 0 Å². The molecule has 0 aromatic carbocycles. The van der Waals surface area contributed by atoms with Gasteiger partial charge in [0.05, 0.1) is 22.7 Å². The minimum absolute atomic E-state index is 0.0911. The van der Waals surface area contributed by atoms with Gasteiger partial charge in [-0.25, -0.2) is 4.98 Å². The van der Waals surface area contributed by atoms with Crippen LogP contribution in [0.2, 0.25) is 5.15 Å². The number of nitrogens with zero attached hydrogens (tertiary/aromatic N) is 1. The summed E-state index contributed by atoms with van der Waals surface area (Å²) in [6, 6.07) is 0.326. The molecule has 0 spiro atoms. The zero-order valence-corrected chi connectivity index (χ0v) is 12.2. The van der Waals surface area contributed by atoms with Crippen molar-refractivity contribution in [2.24, 2.45) is 11.1 Å². The number of primary amides is 1. The largest absolute Gasteiger partial charge is 0.419 e. The molecule has 0 aliphatic heterocycles. The molecular formula is C14H13ClF3N3O. The van der Waals surface area contributed by atoms with Crippen LogP contribution < -0.4 is 11.1 Å². The summed E-state index contributed by atoms with van der Waals surface area (Å²) in [5.41, 5.74) is 2.99. The van der Waals surface area contributed by atoms with E-state index in [0.29, 0.717) is 6.20 Å². The van der Waals surface area contributed by atoms with Gasteiger partial charge in [-0.3, -0.25) is 4.79 Å². The van der Waals surface area contributed by atoms with Crippen LogP contribution in [0.1, 0.15) is 12.5 Å². The SMILES string of the molecule is CC1(C(N)=O)C=CC=CC1Nc1cc(Cl)ncc1C(F)(F)F. The maximum Gasteiger partial charge on any atom is 0.419 e. The number of hydrogen-bond acceptors (Lipinski definition) is 3. The number of amides is 1. The van der Waals surface area contributed by atoms with Crippen LogP contribution >= 0.6 is 11.6 Å². The number of rotatable bonds is 3. The maximum absolute atomic E-state index is 13.0. The van der Waals surface area contributed by atoms with Gasteiger partial charge in [0.1, 0.15) is 5.15 Å². The van der Waals surface area contributed by atoms with Crippen LogP contribution in [0.25, 0.3) is 0 Å². The van der Waals surface area contributed by atoms with Gasteiger partial charge in [0.25, 0.3) is 0 Å². The van der Waals surface area contributed by atoms with E-state index in [4.69, 9.17) is 17.3 Å². The van der Waals surface area contributed by atoms with Gasteiger partial charge < -0.3 is 11.1 Å². The number of nitrogens with two attached hydrogens (primary N) is 1. The van der Waals surface area contributed by atoms with E-state index >= 15 is 0 Å². The van der Waals surface area contributed by atoms with E-state index in [2.05, 4.69) is 10.3 Å². The molecule has 118 valence electrons. The summed E-state index contributed by atoms with van der Waals surface area (Å²) >= 11 is 5.68. The van der Waals surface area contributed by atoms with Gasteiger partial charge in [-0.2, -0.15) is 13.2 Å². The molecule has 1 heterocycles. The van der Waals surface area contributed by atoms with Crippen LogP contribution in [-0.4, -0.2) is 16.9 Å². The first-order valence-corrected chi connectivity index (χ1v) is 6.67. The van der Waals surface area contributed by atoms with Crippen molar-refractivity contribution in [2.75, 3.05) is 5.32 Å². The number of anilines is 1. The number of halogens is 4. The normalized spacial score (nSPS) is 24.3. The second kappa shape index (κ2) is 5.64. The Morgan fingerprint density at radius 2 is 2.14 bits per heavy atom. The second-order valence-electron chi connectivity index (χ2n) is 5.06. The Balaban J connectivity index is 2.42. The molecule has 2 rings (SSSR count). The number of nitrogens with one attached hydrogen (secondary N) is 1. The number of carbonyl (C=O) groups excluding carboxylic acids is 1. The monoisotopic (exact) mass is 331 g/mol. The Labute approximate surface area is 129 Å². The fourth-order valence-corrected chi connectivity index (χ4v) is 2.27. The van der Waals surface area contributed by atoms with Crippen LogP contribution in [0.3, 0.4) is 0 Å². The number of aromatic nitrogens is 1. The van der Waals surface area contributed by atoms with Crippen molar-refractivity contribution in [1.29, 1.82) is 0 Å². The van der Waals surface area contributed by atoms with Crippen molar-refractivity contribution < 1.29 is 18.0 Å². The van der Waals surface area contributed by atoms with E-state index in [1.54, 1.807) is 31.2 Å². The summed E-state index contributed by atoms with van der Waals surface area (Å²) in [5.74, 6) is -0.653. The topological polar surface area (TPSA) is 68.0 Å². The third-order valence-electron chi connectivity index (χ3n) is 3.52. The molecule has 2 unspecified atom stereocenters. The maximum atomic E-state index is 13.0. The quantitative estimate of drug-likeness (QED) is 0.836. The van der Waals surface area contributed by atoms with Gasteiger partial charge in [-0.05, 0) is 13.0 Å². The third kappa shape index (κ3) is 3.09. The lowest BCUT2D eigenvalue weighted by Gasteiger charge is -2.34. The molecule has 1 aliphatic carbocycles. The second-order valence-corrected chi connectivity index (χ2v) is 5.45.